The summed E-state index contributed by atoms with van der Waals surface area (Å²) < 4.78 is 4.94. The first-order chi connectivity index (χ1) is 34.2. The topological polar surface area (TPSA) is 9.86 Å². The van der Waals surface area contributed by atoms with Gasteiger partial charge in [0.05, 0.1) is 27.8 Å². The molecule has 1 unspecified atom stereocenters. The molecule has 2 heteroatoms. The highest BCUT2D eigenvalue weighted by Gasteiger charge is 2.31. The molecule has 14 rings (SSSR count). The van der Waals surface area contributed by atoms with Crippen LogP contribution in [0.15, 0.2) is 261 Å². The molecule has 1 aliphatic rings. The number of rotatable bonds is 7. The van der Waals surface area contributed by atoms with Crippen molar-refractivity contribution in [3.63, 3.8) is 0 Å². The maximum Gasteiger partial charge on any atom is 0.0547 e. The third-order valence-electron chi connectivity index (χ3n) is 14.6. The number of nitrogens with zero attached hydrogens (tertiary/aromatic N) is 2. The van der Waals surface area contributed by atoms with E-state index in [2.05, 4.69) is 270 Å². The molecule has 0 radical (unpaired) electrons. The quantitative estimate of drug-likeness (QED) is 0.151. The van der Waals surface area contributed by atoms with Crippen LogP contribution in [0.2, 0.25) is 0 Å². The molecule has 2 heterocycles. The van der Waals surface area contributed by atoms with E-state index >= 15 is 0 Å². The van der Waals surface area contributed by atoms with Crippen LogP contribution >= 0.6 is 0 Å². The van der Waals surface area contributed by atoms with Crippen molar-refractivity contribution in [1.82, 2.24) is 9.13 Å². The van der Waals surface area contributed by atoms with Crippen molar-refractivity contribution in [3.05, 3.63) is 278 Å². The van der Waals surface area contributed by atoms with Gasteiger partial charge in [-0.1, -0.05) is 206 Å². The summed E-state index contributed by atoms with van der Waals surface area (Å²) in [5.41, 5.74) is 23.4. The minimum atomic E-state index is 0.156. The van der Waals surface area contributed by atoms with Gasteiger partial charge in [-0.05, 0) is 121 Å². The molecular weight excluding hydrogens is 833 g/mol. The molecule has 1 aliphatic carbocycles. The van der Waals surface area contributed by atoms with Crippen LogP contribution in [0.4, 0.5) is 0 Å². The molecule has 2 aromatic heterocycles. The largest absolute Gasteiger partial charge is 0.309 e. The van der Waals surface area contributed by atoms with Crippen LogP contribution in [-0.2, 0) is 0 Å². The van der Waals surface area contributed by atoms with Crippen molar-refractivity contribution in [2.45, 2.75) is 5.92 Å². The second-order valence-electron chi connectivity index (χ2n) is 18.4. The highest BCUT2D eigenvalue weighted by Crippen LogP contribution is 2.50. The third-order valence-corrected chi connectivity index (χ3v) is 14.6. The van der Waals surface area contributed by atoms with E-state index in [1.165, 1.54) is 127 Å². The van der Waals surface area contributed by atoms with E-state index in [0.717, 1.165) is 0 Å². The van der Waals surface area contributed by atoms with E-state index in [4.69, 9.17) is 0 Å². The Morgan fingerprint density at radius 2 is 0.797 bits per heavy atom. The zero-order valence-corrected chi connectivity index (χ0v) is 37.8. The molecule has 0 N–H and O–H groups in total. The summed E-state index contributed by atoms with van der Waals surface area (Å²) in [6, 6.07) is 96.2. The molecule has 0 amide bonds. The van der Waals surface area contributed by atoms with Crippen LogP contribution in [0, 0.1) is 0 Å². The molecule has 2 nitrogen and oxygen atoms in total. The van der Waals surface area contributed by atoms with Gasteiger partial charge in [0.25, 0.3) is 0 Å². The molecule has 0 bridgehead atoms. The van der Waals surface area contributed by atoms with Crippen LogP contribution in [0.1, 0.15) is 22.6 Å². The van der Waals surface area contributed by atoms with Crippen molar-refractivity contribution < 1.29 is 0 Å². The van der Waals surface area contributed by atoms with Gasteiger partial charge in [-0.2, -0.15) is 0 Å². The summed E-state index contributed by atoms with van der Waals surface area (Å²) in [6.07, 6.45) is 0. The molecule has 1 atom stereocenters. The summed E-state index contributed by atoms with van der Waals surface area (Å²) in [7, 11) is 0. The Bertz CT molecular complexity index is 4120. The Hall–Kier alpha value is -8.98. The first kappa shape index (κ1) is 39.2. The maximum absolute atomic E-state index is 2.47. The molecule has 0 fully saturated rings. The van der Waals surface area contributed by atoms with Gasteiger partial charge in [-0.15, -0.1) is 0 Å². The van der Waals surface area contributed by atoms with Crippen LogP contribution in [-0.4, -0.2) is 9.13 Å². The molecule has 0 saturated heterocycles. The molecular formula is C67H44N2. The summed E-state index contributed by atoms with van der Waals surface area (Å²) >= 11 is 0. The van der Waals surface area contributed by atoms with E-state index in [-0.39, 0.29) is 5.92 Å². The first-order valence-electron chi connectivity index (χ1n) is 24.0. The van der Waals surface area contributed by atoms with Gasteiger partial charge in [0.15, 0.2) is 0 Å². The number of hydrogen-bond acceptors (Lipinski definition) is 0. The van der Waals surface area contributed by atoms with Gasteiger partial charge in [0, 0.05) is 38.7 Å². The SMILES string of the molecule is c1ccc(-c2cccc(C3c4ccccc4-c4cc(-n5c6ccccc6c6cc(-c7ccc8c(c7)c7c(-c9ccccc9)cccc7n8-c7ccccc7-c7ccccc7)ccc65)ccc43)c2)cc1. The molecule has 13 aromatic rings. The summed E-state index contributed by atoms with van der Waals surface area (Å²) in [4.78, 5) is 0. The summed E-state index contributed by atoms with van der Waals surface area (Å²) in [5, 5.41) is 4.97. The average molecular weight is 877 g/mol. The standard InChI is InChI=1S/C67H44N2/c1-4-18-44(19-5-1)47-24-16-25-50(40-47)66-56-29-11-10-27-54(56)58-43-51(36-37-57(58)66)68-62-32-15-13-28-55(62)59-41-48(34-38-63(59)68)49-35-39-64-60(42-49)67-53(46-22-8-3-9-23-46)30-17-33-65(67)69(64)61-31-14-12-26-52(61)45-20-6-2-7-21-45/h1-43,66H. The molecule has 0 saturated carbocycles. The number of hydrogen-bond donors (Lipinski definition) is 0. The lowest BCUT2D eigenvalue weighted by molar-refractivity contribution is 1.01. The normalized spacial score (nSPS) is 13.1. The molecule has 69 heavy (non-hydrogen) atoms. The fraction of sp³-hybridized carbons (Fsp3) is 0.0149. The lowest BCUT2D eigenvalue weighted by Gasteiger charge is -2.16. The van der Waals surface area contributed by atoms with Gasteiger partial charge in [0.1, 0.15) is 0 Å². The van der Waals surface area contributed by atoms with Crippen LogP contribution in [0.5, 0.6) is 0 Å². The molecule has 322 valence electrons. The van der Waals surface area contributed by atoms with Gasteiger partial charge in [-0.3, -0.25) is 0 Å². The van der Waals surface area contributed by atoms with Crippen molar-refractivity contribution in [3.8, 4) is 67.0 Å². The predicted molar refractivity (Wildman–Crippen MR) is 290 cm³/mol. The maximum atomic E-state index is 2.47. The lowest BCUT2D eigenvalue weighted by atomic mass is 9.87. The van der Waals surface area contributed by atoms with E-state index < -0.39 is 0 Å². The fourth-order valence-electron chi connectivity index (χ4n) is 11.5. The minimum Gasteiger partial charge on any atom is -0.309 e. The zero-order valence-electron chi connectivity index (χ0n) is 37.8. The molecule has 11 aromatic carbocycles. The highest BCUT2D eigenvalue weighted by molar-refractivity contribution is 6.17. The van der Waals surface area contributed by atoms with Gasteiger partial charge < -0.3 is 9.13 Å². The number of fused-ring (bicyclic) bond motifs is 9. The van der Waals surface area contributed by atoms with Crippen molar-refractivity contribution in [2.24, 2.45) is 0 Å². The number of aromatic nitrogens is 2. The summed E-state index contributed by atoms with van der Waals surface area (Å²) in [6.45, 7) is 0. The van der Waals surface area contributed by atoms with Gasteiger partial charge in [0.2, 0.25) is 0 Å². The second kappa shape index (κ2) is 15.8. The van der Waals surface area contributed by atoms with E-state index in [9.17, 15) is 0 Å². The van der Waals surface area contributed by atoms with E-state index in [1.54, 1.807) is 0 Å². The van der Waals surface area contributed by atoms with E-state index in [0.29, 0.717) is 0 Å². The lowest BCUT2D eigenvalue weighted by Crippen LogP contribution is -2.00. The first-order valence-corrected chi connectivity index (χ1v) is 24.0. The van der Waals surface area contributed by atoms with E-state index in [1.807, 2.05) is 0 Å². The average Bonchev–Trinajstić information content (AvgIpc) is 4.06. The fourth-order valence-corrected chi connectivity index (χ4v) is 11.5. The molecule has 0 aliphatic heterocycles. The predicted octanol–water partition coefficient (Wildman–Crippen LogP) is 17.7. The Morgan fingerprint density at radius 1 is 0.261 bits per heavy atom. The smallest absolute Gasteiger partial charge is 0.0547 e. The van der Waals surface area contributed by atoms with Crippen molar-refractivity contribution in [2.75, 3.05) is 0 Å². The zero-order chi connectivity index (χ0) is 45.4. The number of para-hydroxylation sites is 2. The van der Waals surface area contributed by atoms with Crippen LogP contribution in [0.25, 0.3) is 111 Å². The Morgan fingerprint density at radius 3 is 1.58 bits per heavy atom. The molecule has 0 spiro atoms. The highest BCUT2D eigenvalue weighted by atomic mass is 15.0. The monoisotopic (exact) mass is 876 g/mol. The van der Waals surface area contributed by atoms with Crippen LogP contribution < -0.4 is 0 Å². The van der Waals surface area contributed by atoms with Gasteiger partial charge in [-0.25, -0.2) is 0 Å². The minimum absolute atomic E-state index is 0.156. The van der Waals surface area contributed by atoms with Crippen molar-refractivity contribution >= 4 is 43.6 Å². The van der Waals surface area contributed by atoms with Crippen LogP contribution in [0.3, 0.4) is 0 Å². The van der Waals surface area contributed by atoms with Crippen molar-refractivity contribution in [1.29, 1.82) is 0 Å². The Labute approximate surface area is 401 Å². The Kier molecular flexibility index (Phi) is 9.00. The third kappa shape index (κ3) is 6.26. The number of benzene rings is 11. The van der Waals surface area contributed by atoms with Gasteiger partial charge >= 0.3 is 0 Å². The second-order valence-corrected chi connectivity index (χ2v) is 18.4. The summed E-state index contributed by atoms with van der Waals surface area (Å²) in [5.74, 6) is 0.156. The Balaban J connectivity index is 0.921.